The molecule has 0 aromatic heterocycles. The Hall–Kier alpha value is -1.42. The van der Waals surface area contributed by atoms with Crippen LogP contribution in [0.15, 0.2) is 42.5 Å². The van der Waals surface area contributed by atoms with Crippen LogP contribution < -0.4 is 10.6 Å². The second-order valence-electron chi connectivity index (χ2n) is 3.72. The maximum absolute atomic E-state index is 11.8. The first-order valence-electron chi connectivity index (χ1n) is 5.33. The number of urea groups is 1. The van der Waals surface area contributed by atoms with Crippen LogP contribution in [0.5, 0.6) is 0 Å². The van der Waals surface area contributed by atoms with Crippen molar-refractivity contribution in [3.63, 3.8) is 0 Å². The molecule has 0 radical (unpaired) electrons. The number of hydrogen-bond donors (Lipinski definition) is 2. The van der Waals surface area contributed by atoms with Gasteiger partial charge in [-0.05, 0) is 30.3 Å². The van der Waals surface area contributed by atoms with Gasteiger partial charge in [-0.2, -0.15) is 0 Å². The minimum atomic E-state index is -0.425. The molecular weight excluding hydrogens is 307 g/mol. The molecule has 0 saturated heterocycles. The molecular formula is C13H9Cl3N2O. The van der Waals surface area contributed by atoms with Crippen LogP contribution in [0.3, 0.4) is 0 Å². The van der Waals surface area contributed by atoms with Gasteiger partial charge in [-0.15, -0.1) is 0 Å². The Morgan fingerprint density at radius 3 is 2.16 bits per heavy atom. The summed E-state index contributed by atoms with van der Waals surface area (Å²) < 4.78 is 0. The van der Waals surface area contributed by atoms with E-state index in [0.29, 0.717) is 26.4 Å². The van der Waals surface area contributed by atoms with E-state index in [-0.39, 0.29) is 0 Å². The van der Waals surface area contributed by atoms with Gasteiger partial charge in [-0.3, -0.25) is 0 Å². The molecule has 0 aliphatic carbocycles. The van der Waals surface area contributed by atoms with Gasteiger partial charge in [-0.1, -0.05) is 46.9 Å². The van der Waals surface area contributed by atoms with E-state index in [9.17, 15) is 4.79 Å². The molecule has 2 N–H and O–H groups in total. The average Bonchev–Trinajstić information content (AvgIpc) is 2.30. The zero-order chi connectivity index (χ0) is 13.8. The third-order valence-corrected chi connectivity index (χ3v) is 3.01. The SMILES string of the molecule is O=C(Nc1cc(Cl)cc(Cl)c1)Nc1ccccc1Cl. The van der Waals surface area contributed by atoms with Crippen LogP contribution in [-0.4, -0.2) is 6.03 Å². The number of amides is 2. The van der Waals surface area contributed by atoms with Crippen molar-refractivity contribution in [1.82, 2.24) is 0 Å². The van der Waals surface area contributed by atoms with Gasteiger partial charge in [0.05, 0.1) is 10.7 Å². The first-order chi connectivity index (χ1) is 9.04. The molecule has 0 spiro atoms. The monoisotopic (exact) mass is 314 g/mol. The molecule has 0 saturated carbocycles. The molecule has 0 aliphatic heterocycles. The number of para-hydroxylation sites is 1. The van der Waals surface area contributed by atoms with Gasteiger partial charge in [0.15, 0.2) is 0 Å². The number of carbonyl (C=O) groups excluding carboxylic acids is 1. The summed E-state index contributed by atoms with van der Waals surface area (Å²) in [4.78, 5) is 11.8. The van der Waals surface area contributed by atoms with E-state index in [1.807, 2.05) is 0 Å². The molecule has 6 heteroatoms. The average molecular weight is 316 g/mol. The lowest BCUT2D eigenvalue weighted by Gasteiger charge is -2.09. The summed E-state index contributed by atoms with van der Waals surface area (Å²) in [6.07, 6.45) is 0. The zero-order valence-electron chi connectivity index (χ0n) is 9.58. The summed E-state index contributed by atoms with van der Waals surface area (Å²) in [7, 11) is 0. The number of halogens is 3. The fourth-order valence-electron chi connectivity index (χ4n) is 1.47. The summed E-state index contributed by atoms with van der Waals surface area (Å²) in [5, 5.41) is 6.60. The number of hydrogen-bond acceptors (Lipinski definition) is 1. The van der Waals surface area contributed by atoms with Crippen molar-refractivity contribution < 1.29 is 4.79 Å². The van der Waals surface area contributed by atoms with Gasteiger partial charge >= 0.3 is 6.03 Å². The van der Waals surface area contributed by atoms with Crippen molar-refractivity contribution in [3.05, 3.63) is 57.5 Å². The topological polar surface area (TPSA) is 41.1 Å². The largest absolute Gasteiger partial charge is 0.323 e. The van der Waals surface area contributed by atoms with Crippen molar-refractivity contribution in [2.24, 2.45) is 0 Å². The minimum Gasteiger partial charge on any atom is -0.308 e. The van der Waals surface area contributed by atoms with Gasteiger partial charge < -0.3 is 10.6 Å². The van der Waals surface area contributed by atoms with Crippen LogP contribution in [0.2, 0.25) is 15.1 Å². The summed E-state index contributed by atoms with van der Waals surface area (Å²) in [5.41, 5.74) is 1.02. The molecule has 2 aromatic carbocycles. The molecule has 0 atom stereocenters. The molecule has 0 aliphatic rings. The summed E-state index contributed by atoms with van der Waals surface area (Å²) in [6, 6.07) is 11.3. The lowest BCUT2D eigenvalue weighted by Crippen LogP contribution is -2.19. The first-order valence-corrected chi connectivity index (χ1v) is 6.46. The highest BCUT2D eigenvalue weighted by Crippen LogP contribution is 2.23. The highest BCUT2D eigenvalue weighted by Gasteiger charge is 2.06. The van der Waals surface area contributed by atoms with E-state index < -0.39 is 6.03 Å². The minimum absolute atomic E-state index is 0.425. The quantitative estimate of drug-likeness (QED) is 0.776. The third kappa shape index (κ3) is 4.03. The molecule has 0 heterocycles. The second kappa shape index (κ2) is 6.15. The van der Waals surface area contributed by atoms with Crippen molar-refractivity contribution in [3.8, 4) is 0 Å². The summed E-state index contributed by atoms with van der Waals surface area (Å²) in [5.74, 6) is 0. The van der Waals surface area contributed by atoms with E-state index in [1.165, 1.54) is 0 Å². The predicted octanol–water partition coefficient (Wildman–Crippen LogP) is 5.29. The predicted molar refractivity (Wildman–Crippen MR) is 80.6 cm³/mol. The Morgan fingerprint density at radius 2 is 1.53 bits per heavy atom. The smallest absolute Gasteiger partial charge is 0.308 e. The van der Waals surface area contributed by atoms with E-state index in [2.05, 4.69) is 10.6 Å². The van der Waals surface area contributed by atoms with Crippen molar-refractivity contribution >= 4 is 52.2 Å². The first kappa shape index (κ1) is 14.0. The number of anilines is 2. The standard InChI is InChI=1S/C13H9Cl3N2O/c14-8-5-9(15)7-10(6-8)17-13(19)18-12-4-2-1-3-11(12)16/h1-7H,(H2,17,18,19). The molecule has 0 fully saturated rings. The van der Waals surface area contributed by atoms with Gasteiger partial charge in [-0.25, -0.2) is 4.79 Å². The molecule has 98 valence electrons. The number of benzene rings is 2. The van der Waals surface area contributed by atoms with Gasteiger partial charge in [0.25, 0.3) is 0 Å². The lowest BCUT2D eigenvalue weighted by molar-refractivity contribution is 0.262. The van der Waals surface area contributed by atoms with E-state index in [0.717, 1.165) is 0 Å². The van der Waals surface area contributed by atoms with E-state index in [1.54, 1.807) is 42.5 Å². The molecule has 0 bridgehead atoms. The van der Waals surface area contributed by atoms with Crippen molar-refractivity contribution in [2.45, 2.75) is 0 Å². The Morgan fingerprint density at radius 1 is 0.895 bits per heavy atom. The van der Waals surface area contributed by atoms with Crippen LogP contribution in [0.25, 0.3) is 0 Å². The summed E-state index contributed by atoms with van der Waals surface area (Å²) >= 11 is 17.6. The Labute approximate surface area is 125 Å². The molecule has 2 rings (SSSR count). The number of carbonyl (C=O) groups is 1. The second-order valence-corrected chi connectivity index (χ2v) is 5.00. The Balaban J connectivity index is 2.07. The van der Waals surface area contributed by atoms with Crippen LogP contribution >= 0.6 is 34.8 Å². The van der Waals surface area contributed by atoms with Crippen LogP contribution in [0.4, 0.5) is 16.2 Å². The van der Waals surface area contributed by atoms with Gasteiger partial charge in [0.2, 0.25) is 0 Å². The highest BCUT2D eigenvalue weighted by molar-refractivity contribution is 6.35. The van der Waals surface area contributed by atoms with Crippen molar-refractivity contribution in [2.75, 3.05) is 10.6 Å². The Bertz CT molecular complexity index is 596. The fourth-order valence-corrected chi connectivity index (χ4v) is 2.18. The maximum atomic E-state index is 11.8. The molecule has 2 amide bonds. The number of rotatable bonds is 2. The maximum Gasteiger partial charge on any atom is 0.323 e. The third-order valence-electron chi connectivity index (χ3n) is 2.24. The van der Waals surface area contributed by atoms with Crippen molar-refractivity contribution in [1.29, 1.82) is 0 Å². The van der Waals surface area contributed by atoms with Crippen LogP contribution in [0.1, 0.15) is 0 Å². The zero-order valence-corrected chi connectivity index (χ0v) is 11.9. The lowest BCUT2D eigenvalue weighted by atomic mass is 10.3. The normalized spacial score (nSPS) is 10.1. The summed E-state index contributed by atoms with van der Waals surface area (Å²) in [6.45, 7) is 0. The van der Waals surface area contributed by atoms with Crippen LogP contribution in [0, 0.1) is 0 Å². The highest BCUT2D eigenvalue weighted by atomic mass is 35.5. The molecule has 0 unspecified atom stereocenters. The number of nitrogens with one attached hydrogen (secondary N) is 2. The van der Waals surface area contributed by atoms with E-state index in [4.69, 9.17) is 34.8 Å². The van der Waals surface area contributed by atoms with E-state index >= 15 is 0 Å². The fraction of sp³-hybridized carbons (Fsp3) is 0. The van der Waals surface area contributed by atoms with Gasteiger partial charge in [0.1, 0.15) is 0 Å². The molecule has 3 nitrogen and oxygen atoms in total. The van der Waals surface area contributed by atoms with Gasteiger partial charge in [0, 0.05) is 15.7 Å². The molecule has 19 heavy (non-hydrogen) atoms. The van der Waals surface area contributed by atoms with Crippen LogP contribution in [-0.2, 0) is 0 Å². The molecule has 2 aromatic rings. The Kier molecular flexibility index (Phi) is 4.53.